The molecular formula is C17H18F2N4O3S. The smallest absolute Gasteiger partial charge is 0.272 e. The largest absolute Gasteiger partial charge is 0.336 e. The van der Waals surface area contributed by atoms with Gasteiger partial charge in [0.25, 0.3) is 5.91 Å². The van der Waals surface area contributed by atoms with Gasteiger partial charge in [-0.25, -0.2) is 27.2 Å². The van der Waals surface area contributed by atoms with Crippen LogP contribution in [0, 0.1) is 18.6 Å². The number of amides is 1. The molecule has 0 bridgehead atoms. The first kappa shape index (κ1) is 19.2. The number of carbonyl (C=O) groups excluding carboxylic acids is 1. The fourth-order valence-corrected chi connectivity index (χ4v) is 4.65. The fraction of sp³-hybridized carbons (Fsp3) is 0.353. The summed E-state index contributed by atoms with van der Waals surface area (Å²) in [6, 6.07) is 4.06. The van der Waals surface area contributed by atoms with Crippen molar-refractivity contribution in [1.29, 1.82) is 0 Å². The van der Waals surface area contributed by atoms with Crippen molar-refractivity contribution in [2.24, 2.45) is 0 Å². The van der Waals surface area contributed by atoms with Gasteiger partial charge < -0.3 is 10.2 Å². The van der Waals surface area contributed by atoms with Gasteiger partial charge in [0.1, 0.15) is 17.3 Å². The molecular weight excluding hydrogens is 378 g/mol. The zero-order valence-corrected chi connectivity index (χ0v) is 15.6. The first-order chi connectivity index (χ1) is 12.6. The molecule has 1 aromatic heterocycles. The molecule has 27 heavy (non-hydrogen) atoms. The lowest BCUT2D eigenvalue weighted by Crippen LogP contribution is -2.38. The molecule has 1 atom stereocenters. The first-order valence-electron chi connectivity index (χ1n) is 8.20. The molecule has 0 spiro atoms. The maximum atomic E-state index is 13.8. The highest BCUT2D eigenvalue weighted by Crippen LogP contribution is 2.21. The molecule has 1 fully saturated rings. The predicted octanol–water partition coefficient (Wildman–Crippen LogP) is 2.07. The number of rotatable bonds is 4. The highest BCUT2D eigenvalue weighted by molar-refractivity contribution is 7.91. The minimum atomic E-state index is -3.13. The number of nitrogens with one attached hydrogen (secondary N) is 1. The van der Waals surface area contributed by atoms with E-state index in [1.54, 1.807) is 6.92 Å². The molecule has 1 saturated heterocycles. The van der Waals surface area contributed by atoms with Crippen LogP contribution in [0.25, 0.3) is 0 Å². The van der Waals surface area contributed by atoms with Gasteiger partial charge in [0.2, 0.25) is 5.95 Å². The third-order valence-electron chi connectivity index (χ3n) is 4.33. The van der Waals surface area contributed by atoms with Gasteiger partial charge in [-0.15, -0.1) is 0 Å². The summed E-state index contributed by atoms with van der Waals surface area (Å²) in [5, 5.41) is 2.63. The van der Waals surface area contributed by atoms with E-state index in [2.05, 4.69) is 15.3 Å². The Morgan fingerprint density at radius 2 is 2.00 bits per heavy atom. The van der Waals surface area contributed by atoms with Gasteiger partial charge in [0, 0.05) is 24.8 Å². The van der Waals surface area contributed by atoms with E-state index in [0.29, 0.717) is 12.1 Å². The zero-order chi connectivity index (χ0) is 19.8. The van der Waals surface area contributed by atoms with Gasteiger partial charge in [0.15, 0.2) is 9.84 Å². The van der Waals surface area contributed by atoms with Crippen LogP contribution in [0.4, 0.5) is 20.4 Å². The number of sulfone groups is 1. The predicted molar refractivity (Wildman–Crippen MR) is 95.6 cm³/mol. The van der Waals surface area contributed by atoms with Crippen molar-refractivity contribution in [3.63, 3.8) is 0 Å². The maximum absolute atomic E-state index is 13.8. The molecule has 0 aliphatic carbocycles. The molecule has 144 valence electrons. The molecule has 1 unspecified atom stereocenters. The van der Waals surface area contributed by atoms with Crippen LogP contribution in [0.1, 0.15) is 22.6 Å². The van der Waals surface area contributed by atoms with E-state index in [9.17, 15) is 22.0 Å². The van der Waals surface area contributed by atoms with Crippen molar-refractivity contribution in [3.8, 4) is 0 Å². The summed E-state index contributed by atoms with van der Waals surface area (Å²) in [6.07, 6.45) is 0.376. The Kier molecular flexibility index (Phi) is 5.09. The number of halogens is 2. The van der Waals surface area contributed by atoms with E-state index >= 15 is 0 Å². The van der Waals surface area contributed by atoms with Crippen LogP contribution in [0.2, 0.25) is 0 Å². The van der Waals surface area contributed by atoms with E-state index < -0.39 is 33.4 Å². The van der Waals surface area contributed by atoms with Gasteiger partial charge in [-0.05, 0) is 31.5 Å². The summed E-state index contributed by atoms with van der Waals surface area (Å²) >= 11 is 0. The zero-order valence-electron chi connectivity index (χ0n) is 14.7. The quantitative estimate of drug-likeness (QED) is 0.851. The standard InChI is InChI=1S/C17H18F2N4O3S/c1-10-7-15(16(24)23(2)12-5-6-27(25,26)9-12)22-17(20-10)21-14-4-3-11(18)8-13(14)19/h3-4,7-8,12H,5-6,9H2,1-2H3,(H,20,21,22). The van der Waals surface area contributed by atoms with Crippen LogP contribution in [0.3, 0.4) is 0 Å². The van der Waals surface area contributed by atoms with E-state index in [1.165, 1.54) is 24.1 Å². The summed E-state index contributed by atoms with van der Waals surface area (Å²) in [4.78, 5) is 22.3. The van der Waals surface area contributed by atoms with Crippen LogP contribution in [-0.4, -0.2) is 53.8 Å². The molecule has 10 heteroatoms. The second-order valence-electron chi connectivity index (χ2n) is 6.44. The van der Waals surface area contributed by atoms with Gasteiger partial charge >= 0.3 is 0 Å². The summed E-state index contributed by atoms with van der Waals surface area (Å²) in [6.45, 7) is 1.64. The second kappa shape index (κ2) is 7.18. The highest BCUT2D eigenvalue weighted by atomic mass is 32.2. The van der Waals surface area contributed by atoms with E-state index in [-0.39, 0.29) is 28.8 Å². The molecule has 1 aliphatic heterocycles. The third kappa shape index (κ3) is 4.38. The maximum Gasteiger partial charge on any atom is 0.272 e. The average molecular weight is 396 g/mol. The molecule has 1 amide bonds. The van der Waals surface area contributed by atoms with Gasteiger partial charge in [-0.1, -0.05) is 0 Å². The monoisotopic (exact) mass is 396 g/mol. The Balaban J connectivity index is 1.83. The summed E-state index contributed by atoms with van der Waals surface area (Å²) < 4.78 is 50.1. The summed E-state index contributed by atoms with van der Waals surface area (Å²) in [5.41, 5.74) is 0.487. The van der Waals surface area contributed by atoms with Crippen LogP contribution >= 0.6 is 0 Å². The van der Waals surface area contributed by atoms with Crippen molar-refractivity contribution < 1.29 is 22.0 Å². The number of aromatic nitrogens is 2. The number of anilines is 2. The van der Waals surface area contributed by atoms with Gasteiger partial charge in [-0.2, -0.15) is 0 Å². The Hall–Kier alpha value is -2.62. The lowest BCUT2D eigenvalue weighted by Gasteiger charge is -2.23. The minimum absolute atomic E-state index is 0.0173. The molecule has 0 radical (unpaired) electrons. The SMILES string of the molecule is Cc1cc(C(=O)N(C)C2CCS(=O)(=O)C2)nc(Nc2ccc(F)cc2F)n1. The number of hydrogen-bond donors (Lipinski definition) is 1. The van der Waals surface area contributed by atoms with Gasteiger partial charge in [-0.3, -0.25) is 4.79 Å². The number of hydrogen-bond acceptors (Lipinski definition) is 6. The lowest BCUT2D eigenvalue weighted by atomic mass is 10.2. The van der Waals surface area contributed by atoms with Crippen LogP contribution in [-0.2, 0) is 9.84 Å². The topological polar surface area (TPSA) is 92.3 Å². The average Bonchev–Trinajstić information content (AvgIpc) is 2.95. The van der Waals surface area contributed by atoms with Gasteiger partial charge in [0.05, 0.1) is 17.2 Å². The summed E-state index contributed by atoms with van der Waals surface area (Å²) in [7, 11) is -1.61. The molecule has 1 aliphatic rings. The summed E-state index contributed by atoms with van der Waals surface area (Å²) in [5.74, 6) is -2.03. The number of aryl methyl sites for hydroxylation is 1. The highest BCUT2D eigenvalue weighted by Gasteiger charge is 2.33. The Morgan fingerprint density at radius 1 is 1.26 bits per heavy atom. The van der Waals surface area contributed by atoms with E-state index in [1.807, 2.05) is 0 Å². The van der Waals surface area contributed by atoms with Crippen molar-refractivity contribution in [2.75, 3.05) is 23.9 Å². The van der Waals surface area contributed by atoms with Crippen molar-refractivity contribution in [3.05, 3.63) is 47.3 Å². The molecule has 1 N–H and O–H groups in total. The van der Waals surface area contributed by atoms with E-state index in [4.69, 9.17) is 0 Å². The lowest BCUT2D eigenvalue weighted by molar-refractivity contribution is 0.0741. The van der Waals surface area contributed by atoms with Crippen molar-refractivity contribution >= 4 is 27.4 Å². The molecule has 7 nitrogen and oxygen atoms in total. The Bertz CT molecular complexity index is 998. The second-order valence-corrected chi connectivity index (χ2v) is 8.67. The first-order valence-corrected chi connectivity index (χ1v) is 10.0. The molecule has 2 aromatic rings. The molecule has 3 rings (SSSR count). The fourth-order valence-electron chi connectivity index (χ4n) is 2.87. The Morgan fingerprint density at radius 3 is 2.63 bits per heavy atom. The number of carbonyl (C=O) groups is 1. The van der Waals surface area contributed by atoms with Crippen LogP contribution in [0.15, 0.2) is 24.3 Å². The molecule has 1 aromatic carbocycles. The Labute approximate surface area is 155 Å². The normalized spacial score (nSPS) is 18.3. The van der Waals surface area contributed by atoms with Crippen LogP contribution in [0.5, 0.6) is 0 Å². The molecule has 0 saturated carbocycles. The number of nitrogens with zero attached hydrogens (tertiary/aromatic N) is 3. The minimum Gasteiger partial charge on any atom is -0.336 e. The van der Waals surface area contributed by atoms with Crippen molar-refractivity contribution in [1.82, 2.24) is 14.9 Å². The molecule has 2 heterocycles. The number of benzene rings is 1. The third-order valence-corrected chi connectivity index (χ3v) is 6.08. The van der Waals surface area contributed by atoms with E-state index in [0.717, 1.165) is 12.1 Å². The van der Waals surface area contributed by atoms with Crippen molar-refractivity contribution in [2.45, 2.75) is 19.4 Å². The van der Waals surface area contributed by atoms with Crippen LogP contribution < -0.4 is 5.32 Å².